The predicted octanol–water partition coefficient (Wildman–Crippen LogP) is 7.98. The number of aromatic nitrogens is 3. The van der Waals surface area contributed by atoms with Crippen molar-refractivity contribution in [3.8, 4) is 34.9 Å². The van der Waals surface area contributed by atoms with E-state index in [2.05, 4.69) is 33.6 Å². The molecule has 4 atom stereocenters. The van der Waals surface area contributed by atoms with Crippen LogP contribution in [0.5, 0.6) is 11.8 Å². The van der Waals surface area contributed by atoms with E-state index >= 15 is 8.78 Å². The minimum Gasteiger partial charge on any atom is -0.508 e. The molecule has 2 aromatic carbocycles. The molecule has 258 valence electrons. The first kappa shape index (κ1) is 34.1. The number of halogens is 2. The minimum atomic E-state index is -1.36. The zero-order valence-corrected chi connectivity index (χ0v) is 32.9. The Hall–Kier alpha value is -2.98. The van der Waals surface area contributed by atoms with Crippen molar-refractivity contribution < 1.29 is 50.1 Å². The maximum atomic E-state index is 16.3. The molecule has 10 heteroatoms. The molecule has 7 nitrogen and oxygen atoms in total. The van der Waals surface area contributed by atoms with Gasteiger partial charge in [0.15, 0.2) is 0 Å². The molecule has 50 heavy (non-hydrogen) atoms. The summed E-state index contributed by atoms with van der Waals surface area (Å²) in [7, 11) is 0. The van der Waals surface area contributed by atoms with Gasteiger partial charge in [0.1, 0.15) is 23.1 Å². The summed E-state index contributed by atoms with van der Waals surface area (Å²) in [4.78, 5) is 18.2. The van der Waals surface area contributed by atoms with Crippen molar-refractivity contribution in [1.29, 1.82) is 0 Å². The number of benzene rings is 2. The van der Waals surface area contributed by atoms with Crippen LogP contribution < -0.4 is 4.90 Å². The second-order valence-electron chi connectivity index (χ2n) is 15.4. The smallest absolute Gasteiger partial charge is 0.316 e. The zero-order valence-electron chi connectivity index (χ0n) is 28.7. The topological polar surface area (TPSA) is 85.6 Å². The second kappa shape index (κ2) is 12.6. The molecule has 2 saturated carbocycles. The van der Waals surface area contributed by atoms with Gasteiger partial charge >= 0.3 is 6.01 Å². The Morgan fingerprint density at radius 3 is 2.70 bits per heavy atom. The normalized spacial score (nSPS) is 27.6. The number of phenolic OH excluding ortho intramolecular Hbond substituents is 1. The molecule has 3 saturated heterocycles. The van der Waals surface area contributed by atoms with E-state index in [1.165, 1.54) is 44.8 Å². The van der Waals surface area contributed by atoms with Crippen molar-refractivity contribution in [1.82, 2.24) is 19.9 Å². The van der Waals surface area contributed by atoms with Crippen LogP contribution in [0.15, 0.2) is 30.5 Å². The quantitative estimate of drug-likeness (QED) is 0.137. The molecule has 2 aromatic heterocycles. The molecule has 1 unspecified atom stereocenters. The first-order valence-corrected chi connectivity index (χ1v) is 18.0. The number of aromatic hydroxyl groups is 2. The number of aryl methyl sites for hydroxylation is 1. The minimum absolute atomic E-state index is 0. The molecule has 2 aliphatic carbocycles. The van der Waals surface area contributed by atoms with Crippen LogP contribution in [-0.2, 0) is 0 Å². The molecule has 1 spiro atoms. The number of phenols is 1. The SMILES string of the molecule is CC1C[C-]2N(CCC23CC3)C1.Cc1c2ncc3c(nc(O)nc13)N1CCCC[C@@H]3[C@H]1[C@]3(F)CCCC#Cc1c(F)ccc3cc(O)cc-2c13.[U]. The Morgan fingerprint density at radius 2 is 1.88 bits per heavy atom. The summed E-state index contributed by atoms with van der Waals surface area (Å²) in [5.41, 5.74) is 1.76. The Kier molecular flexibility index (Phi) is 8.60. The van der Waals surface area contributed by atoms with Crippen LogP contribution >= 0.6 is 0 Å². The van der Waals surface area contributed by atoms with Crippen molar-refractivity contribution in [2.24, 2.45) is 17.3 Å². The molecular formula is C40H42F2N5O2U-. The van der Waals surface area contributed by atoms with Crippen LogP contribution in [0.4, 0.5) is 14.6 Å². The van der Waals surface area contributed by atoms with Gasteiger partial charge in [-0.05, 0) is 69.3 Å². The summed E-state index contributed by atoms with van der Waals surface area (Å²) < 4.78 is 31.5. The number of hydrogen-bond acceptors (Lipinski definition) is 7. The van der Waals surface area contributed by atoms with Gasteiger partial charge in [-0.25, -0.2) is 14.8 Å². The average Bonchev–Trinajstić information content (AvgIpc) is 3.91. The number of nitrogens with zero attached hydrogens (tertiary/aromatic N) is 5. The maximum Gasteiger partial charge on any atom is 0.316 e. The van der Waals surface area contributed by atoms with E-state index in [0.29, 0.717) is 70.1 Å². The van der Waals surface area contributed by atoms with Gasteiger partial charge in [-0.15, -0.1) is 5.41 Å². The van der Waals surface area contributed by atoms with Gasteiger partial charge in [0, 0.05) is 72.7 Å². The number of alkyl halides is 1. The van der Waals surface area contributed by atoms with Gasteiger partial charge in [-0.1, -0.05) is 56.4 Å². The fourth-order valence-corrected chi connectivity index (χ4v) is 9.68. The first-order valence-electron chi connectivity index (χ1n) is 18.0. The summed E-state index contributed by atoms with van der Waals surface area (Å²) in [6.45, 7) is 7.59. The van der Waals surface area contributed by atoms with Gasteiger partial charge in [0.25, 0.3) is 0 Å². The van der Waals surface area contributed by atoms with Crippen LogP contribution in [-0.4, -0.2) is 61.4 Å². The van der Waals surface area contributed by atoms with E-state index in [1.54, 1.807) is 24.4 Å². The third kappa shape index (κ3) is 5.49. The number of rotatable bonds is 0. The van der Waals surface area contributed by atoms with Gasteiger partial charge < -0.3 is 20.0 Å². The summed E-state index contributed by atoms with van der Waals surface area (Å²) in [5.74, 6) is 6.96. The van der Waals surface area contributed by atoms with E-state index in [-0.39, 0.29) is 54.4 Å². The van der Waals surface area contributed by atoms with E-state index in [1.807, 2.05) is 17.9 Å². The van der Waals surface area contributed by atoms with Crippen LogP contribution in [0, 0.1) is 79.0 Å². The van der Waals surface area contributed by atoms with E-state index in [9.17, 15) is 10.2 Å². The van der Waals surface area contributed by atoms with Gasteiger partial charge in [0.05, 0.1) is 28.2 Å². The molecule has 2 N–H and O–H groups in total. The predicted molar refractivity (Wildman–Crippen MR) is 186 cm³/mol. The van der Waals surface area contributed by atoms with Crippen molar-refractivity contribution in [3.63, 3.8) is 0 Å². The van der Waals surface area contributed by atoms with Crippen molar-refractivity contribution in [2.75, 3.05) is 24.5 Å². The molecule has 5 aliphatic heterocycles. The average molecular weight is 901 g/mol. The van der Waals surface area contributed by atoms with Gasteiger partial charge in [0.2, 0.25) is 0 Å². The number of anilines is 1. The molecule has 7 aliphatic rings. The maximum absolute atomic E-state index is 16.3. The first-order chi connectivity index (χ1) is 23.7. The van der Waals surface area contributed by atoms with E-state index in [4.69, 9.17) is 4.98 Å². The molecule has 5 fully saturated rings. The molecule has 7 heterocycles. The molecular weight excluding hydrogens is 858 g/mol. The van der Waals surface area contributed by atoms with Crippen molar-refractivity contribution in [2.45, 2.75) is 89.8 Å². The van der Waals surface area contributed by atoms with Crippen LogP contribution in [0.25, 0.3) is 32.9 Å². The number of pyridine rings is 1. The summed E-state index contributed by atoms with van der Waals surface area (Å²) >= 11 is 0. The molecule has 4 bridgehead atoms. The standard InChI is InChI=1S/C30H26F2N4O2.C10H16N.U/c1-16-25-20-14-18(37)13-17-9-10-23(31)19(24(17)20)7-3-2-5-11-30(32)22-8-4-6-12-36(27(22)30)28-21(15-33-25)26(16)34-29(38)35-28;1-8-6-9-10(2-3-10)4-5-11(9)7-8;/h9-10,13-15,22,27,37H,2,4-6,8,11-12H2,1H3,(H,34,35,38);8H,2-7H2,1H3;/q;-1;/t22-,27+,30+;;/m1../s1. The van der Waals surface area contributed by atoms with Crippen LogP contribution in [0.3, 0.4) is 0 Å². The monoisotopic (exact) mass is 900 g/mol. The molecule has 4 aromatic rings. The fraction of sp³-hybridized carbons (Fsp3) is 0.500. The van der Waals surface area contributed by atoms with E-state index in [0.717, 1.165) is 30.6 Å². The van der Waals surface area contributed by atoms with Crippen molar-refractivity contribution >= 4 is 27.5 Å². The third-order valence-electron chi connectivity index (χ3n) is 12.3. The Labute approximate surface area is 315 Å². The number of fused-ring (bicyclic) bond motifs is 6. The van der Waals surface area contributed by atoms with Crippen LogP contribution in [0.2, 0.25) is 0 Å². The Balaban J connectivity index is 0.000000253. The van der Waals surface area contributed by atoms with Gasteiger partial charge in [-0.3, -0.25) is 4.98 Å². The Morgan fingerprint density at radius 1 is 1.04 bits per heavy atom. The fourth-order valence-electron chi connectivity index (χ4n) is 9.68. The molecule has 0 radical (unpaired) electrons. The second-order valence-corrected chi connectivity index (χ2v) is 15.4. The summed E-state index contributed by atoms with van der Waals surface area (Å²) in [6.07, 6.45) is 11.6. The largest absolute Gasteiger partial charge is 0.508 e. The third-order valence-corrected chi connectivity index (χ3v) is 12.3. The number of hydrogen-bond donors (Lipinski definition) is 2. The van der Waals surface area contributed by atoms with Crippen LogP contribution in [0.1, 0.15) is 82.3 Å². The Bertz CT molecular complexity index is 2080. The van der Waals surface area contributed by atoms with Gasteiger partial charge in [-0.2, -0.15) is 16.4 Å². The molecule has 11 rings (SSSR count). The van der Waals surface area contributed by atoms with Crippen molar-refractivity contribution in [3.05, 3.63) is 53.4 Å². The molecule has 0 amide bonds. The van der Waals surface area contributed by atoms with E-state index < -0.39 is 17.5 Å². The summed E-state index contributed by atoms with van der Waals surface area (Å²) in [6, 6.07) is 7.20. The zero-order chi connectivity index (χ0) is 33.7. The summed E-state index contributed by atoms with van der Waals surface area (Å²) in [5, 5.41) is 22.9.